The van der Waals surface area contributed by atoms with Crippen LogP contribution in [0.4, 0.5) is 0 Å². The van der Waals surface area contributed by atoms with Gasteiger partial charge in [-0.15, -0.1) is 0 Å². The van der Waals surface area contributed by atoms with Gasteiger partial charge in [-0.2, -0.15) is 0 Å². The molecule has 3 atom stereocenters. The van der Waals surface area contributed by atoms with Crippen molar-refractivity contribution < 1.29 is 14.3 Å². The highest BCUT2D eigenvalue weighted by molar-refractivity contribution is 6.09. The molecule has 2 aliphatic carbocycles. The van der Waals surface area contributed by atoms with Crippen molar-refractivity contribution in [3.63, 3.8) is 0 Å². The Bertz CT molecular complexity index is 496. The molecule has 3 nitrogen and oxygen atoms in total. The van der Waals surface area contributed by atoms with Gasteiger partial charge < -0.3 is 4.74 Å². The number of carbonyl (C=O) groups excluding carboxylic acids is 2. The Kier molecular flexibility index (Phi) is 2.31. The third-order valence-electron chi connectivity index (χ3n) is 4.47. The van der Waals surface area contributed by atoms with Crippen LogP contribution in [-0.4, -0.2) is 17.9 Å². The SMILES string of the molecule is C/C1=C/CC[C@@H]2C(=O)O[C@H]3[C@@H]2C(=CC3(C)C)C1=O. The summed E-state index contributed by atoms with van der Waals surface area (Å²) in [4.78, 5) is 24.3. The molecule has 96 valence electrons. The second-order valence-corrected chi connectivity index (χ2v) is 6.20. The molecule has 3 aliphatic rings. The molecular weight excluding hydrogens is 228 g/mol. The Morgan fingerprint density at radius 3 is 2.78 bits per heavy atom. The van der Waals surface area contributed by atoms with Gasteiger partial charge in [0, 0.05) is 16.9 Å². The molecular formula is C15H18O3. The van der Waals surface area contributed by atoms with Crippen LogP contribution in [-0.2, 0) is 14.3 Å². The van der Waals surface area contributed by atoms with Crippen molar-refractivity contribution in [3.05, 3.63) is 23.3 Å². The third-order valence-corrected chi connectivity index (χ3v) is 4.47. The summed E-state index contributed by atoms with van der Waals surface area (Å²) in [6, 6.07) is 0. The van der Waals surface area contributed by atoms with Crippen LogP contribution >= 0.6 is 0 Å². The van der Waals surface area contributed by atoms with Crippen LogP contribution in [0.3, 0.4) is 0 Å². The van der Waals surface area contributed by atoms with Crippen molar-refractivity contribution >= 4 is 11.8 Å². The molecule has 1 saturated heterocycles. The summed E-state index contributed by atoms with van der Waals surface area (Å²) in [7, 11) is 0. The molecule has 0 N–H and O–H groups in total. The molecule has 18 heavy (non-hydrogen) atoms. The first-order valence-electron chi connectivity index (χ1n) is 6.56. The first kappa shape index (κ1) is 11.7. The fourth-order valence-electron chi connectivity index (χ4n) is 3.53. The minimum Gasteiger partial charge on any atom is -0.461 e. The number of hydrogen-bond donors (Lipinski definition) is 0. The van der Waals surface area contributed by atoms with E-state index in [1.807, 2.05) is 32.9 Å². The van der Waals surface area contributed by atoms with Gasteiger partial charge in [-0.3, -0.25) is 9.59 Å². The molecule has 0 spiro atoms. The lowest BCUT2D eigenvalue weighted by Crippen LogP contribution is -2.30. The molecule has 0 aromatic carbocycles. The van der Waals surface area contributed by atoms with E-state index in [1.165, 1.54) is 0 Å². The molecule has 0 bridgehead atoms. The fourth-order valence-corrected chi connectivity index (χ4v) is 3.53. The second-order valence-electron chi connectivity index (χ2n) is 6.20. The van der Waals surface area contributed by atoms with Crippen LogP contribution in [0.5, 0.6) is 0 Å². The summed E-state index contributed by atoms with van der Waals surface area (Å²) in [6.07, 6.45) is 5.39. The van der Waals surface area contributed by atoms with Crippen molar-refractivity contribution in [3.8, 4) is 0 Å². The first-order chi connectivity index (χ1) is 8.42. The zero-order valence-corrected chi connectivity index (χ0v) is 11.0. The minimum absolute atomic E-state index is 0.0244. The van der Waals surface area contributed by atoms with Crippen LogP contribution in [0.2, 0.25) is 0 Å². The van der Waals surface area contributed by atoms with E-state index in [1.54, 1.807) is 0 Å². The molecule has 0 amide bonds. The smallest absolute Gasteiger partial charge is 0.310 e. The van der Waals surface area contributed by atoms with Gasteiger partial charge in [0.2, 0.25) is 0 Å². The zero-order valence-electron chi connectivity index (χ0n) is 11.0. The van der Waals surface area contributed by atoms with Gasteiger partial charge in [-0.1, -0.05) is 26.0 Å². The van der Waals surface area contributed by atoms with Crippen molar-refractivity contribution in [2.45, 2.75) is 39.7 Å². The lowest BCUT2D eigenvalue weighted by atomic mass is 9.77. The Labute approximate surface area is 107 Å². The number of carbonyl (C=O) groups is 2. The quantitative estimate of drug-likeness (QED) is 0.616. The van der Waals surface area contributed by atoms with Gasteiger partial charge in [0.25, 0.3) is 0 Å². The number of hydrogen-bond acceptors (Lipinski definition) is 3. The lowest BCUT2D eigenvalue weighted by molar-refractivity contribution is -0.146. The molecule has 1 fully saturated rings. The van der Waals surface area contributed by atoms with E-state index >= 15 is 0 Å². The van der Waals surface area contributed by atoms with E-state index in [4.69, 9.17) is 4.74 Å². The normalized spacial score (nSPS) is 40.3. The summed E-state index contributed by atoms with van der Waals surface area (Å²) in [5.74, 6) is -0.178. The molecule has 0 aromatic rings. The Morgan fingerprint density at radius 2 is 2.06 bits per heavy atom. The Balaban J connectivity index is 2.12. The van der Waals surface area contributed by atoms with Crippen LogP contribution in [0.15, 0.2) is 23.3 Å². The topological polar surface area (TPSA) is 43.4 Å². The molecule has 3 heteroatoms. The first-order valence-corrected chi connectivity index (χ1v) is 6.56. The molecule has 3 rings (SSSR count). The predicted molar refractivity (Wildman–Crippen MR) is 66.7 cm³/mol. The van der Waals surface area contributed by atoms with E-state index in [2.05, 4.69) is 0 Å². The second kappa shape index (κ2) is 3.56. The van der Waals surface area contributed by atoms with Gasteiger partial charge in [0.1, 0.15) is 6.10 Å². The highest BCUT2D eigenvalue weighted by Crippen LogP contribution is 2.52. The molecule has 1 aliphatic heterocycles. The largest absolute Gasteiger partial charge is 0.461 e. The van der Waals surface area contributed by atoms with Crippen LogP contribution in [0.25, 0.3) is 0 Å². The highest BCUT2D eigenvalue weighted by Gasteiger charge is 2.56. The lowest BCUT2D eigenvalue weighted by Gasteiger charge is -2.25. The van der Waals surface area contributed by atoms with Gasteiger partial charge >= 0.3 is 5.97 Å². The van der Waals surface area contributed by atoms with E-state index in [0.717, 1.165) is 24.0 Å². The van der Waals surface area contributed by atoms with Crippen molar-refractivity contribution in [2.24, 2.45) is 17.3 Å². The summed E-state index contributed by atoms with van der Waals surface area (Å²) >= 11 is 0. The Morgan fingerprint density at radius 1 is 1.33 bits per heavy atom. The van der Waals surface area contributed by atoms with E-state index in [9.17, 15) is 9.59 Å². The number of ketones is 1. The predicted octanol–water partition coefficient (Wildman–Crippen LogP) is 2.42. The van der Waals surface area contributed by atoms with Crippen molar-refractivity contribution in [1.29, 1.82) is 0 Å². The van der Waals surface area contributed by atoms with E-state index in [-0.39, 0.29) is 35.1 Å². The average Bonchev–Trinajstić information content (AvgIpc) is 2.73. The summed E-state index contributed by atoms with van der Waals surface area (Å²) in [5, 5.41) is 0. The van der Waals surface area contributed by atoms with E-state index < -0.39 is 0 Å². The standard InChI is InChI=1S/C15H18O3/c1-8-5-4-6-9-11-10(12(8)16)7-15(2,3)13(11)18-14(9)17/h5,7,9,11,13H,4,6H2,1-3H3/b8-5-/t9-,11-,13-/m0/s1. The maximum absolute atomic E-state index is 12.4. The van der Waals surface area contributed by atoms with Crippen LogP contribution in [0.1, 0.15) is 33.6 Å². The van der Waals surface area contributed by atoms with Crippen molar-refractivity contribution in [2.75, 3.05) is 0 Å². The zero-order chi connectivity index (χ0) is 13.1. The van der Waals surface area contributed by atoms with Crippen LogP contribution in [0, 0.1) is 17.3 Å². The Hall–Kier alpha value is -1.38. The van der Waals surface area contributed by atoms with Gasteiger partial charge in [-0.05, 0) is 25.3 Å². The third kappa shape index (κ3) is 1.43. The average molecular weight is 246 g/mol. The molecule has 1 heterocycles. The molecule has 0 aromatic heterocycles. The maximum atomic E-state index is 12.4. The number of rotatable bonds is 0. The van der Waals surface area contributed by atoms with Gasteiger partial charge in [0.05, 0.1) is 5.92 Å². The summed E-state index contributed by atoms with van der Waals surface area (Å²) < 4.78 is 5.54. The van der Waals surface area contributed by atoms with Gasteiger partial charge in [-0.25, -0.2) is 0 Å². The van der Waals surface area contributed by atoms with Crippen molar-refractivity contribution in [1.82, 2.24) is 0 Å². The van der Waals surface area contributed by atoms with E-state index in [0.29, 0.717) is 0 Å². The molecule has 0 saturated carbocycles. The monoisotopic (exact) mass is 246 g/mol. The fraction of sp³-hybridized carbons (Fsp3) is 0.600. The highest BCUT2D eigenvalue weighted by atomic mass is 16.6. The summed E-state index contributed by atoms with van der Waals surface area (Å²) in [5.41, 5.74) is 1.37. The maximum Gasteiger partial charge on any atom is 0.310 e. The van der Waals surface area contributed by atoms with Gasteiger partial charge in [0.15, 0.2) is 5.78 Å². The number of esters is 1. The molecule has 0 radical (unpaired) electrons. The van der Waals surface area contributed by atoms with Crippen LogP contribution < -0.4 is 0 Å². The number of Topliss-reactive ketones (excluding diaryl/α,β-unsaturated/α-hetero) is 1. The number of ether oxygens (including phenoxy) is 1. The summed E-state index contributed by atoms with van der Waals surface area (Å²) in [6.45, 7) is 5.94. The minimum atomic E-state index is -0.231. The number of allylic oxidation sites excluding steroid dienone is 2. The molecule has 0 unspecified atom stereocenters.